The molecule has 11 nitrogen and oxygen atoms in total. The maximum Gasteiger partial charge on any atom is 0.328 e. The SMILES string of the molecule is CNc1cc2nc3c1ncn3C(=O)NCCOCc1cccc(c1)N2.Cn1nccn1. The molecule has 1 amide bonds. The Kier molecular flexibility index (Phi) is 6.03. The smallest absolute Gasteiger partial charge is 0.328 e. The summed E-state index contributed by atoms with van der Waals surface area (Å²) in [5, 5.41) is 16.6. The van der Waals surface area contributed by atoms with Crippen LogP contribution in [0.2, 0.25) is 0 Å². The number of ether oxygens (including phenoxy) is 1. The Balaban J connectivity index is 0.000000334. The molecule has 4 heterocycles. The average molecular weight is 421 g/mol. The van der Waals surface area contributed by atoms with Crippen molar-refractivity contribution >= 4 is 34.4 Å². The first kappa shape index (κ1) is 20.3. The molecule has 3 N–H and O–H groups in total. The largest absolute Gasteiger partial charge is 0.386 e. The second-order valence-corrected chi connectivity index (χ2v) is 6.72. The van der Waals surface area contributed by atoms with Crippen molar-refractivity contribution in [2.45, 2.75) is 6.61 Å². The van der Waals surface area contributed by atoms with Gasteiger partial charge in [-0.15, -0.1) is 0 Å². The van der Waals surface area contributed by atoms with Gasteiger partial charge in [-0.1, -0.05) is 12.1 Å². The molecule has 0 saturated carbocycles. The Hall–Kier alpha value is -3.99. The van der Waals surface area contributed by atoms with Crippen molar-refractivity contribution in [2.24, 2.45) is 7.05 Å². The van der Waals surface area contributed by atoms with E-state index in [1.54, 1.807) is 19.4 Å². The molecule has 3 aromatic heterocycles. The van der Waals surface area contributed by atoms with Crippen molar-refractivity contribution in [3.8, 4) is 0 Å². The van der Waals surface area contributed by atoms with Gasteiger partial charge in [0, 0.05) is 32.4 Å². The van der Waals surface area contributed by atoms with E-state index < -0.39 is 0 Å². The van der Waals surface area contributed by atoms with Crippen LogP contribution in [0.4, 0.5) is 22.0 Å². The molecule has 1 aromatic carbocycles. The number of imidazole rings is 1. The summed E-state index contributed by atoms with van der Waals surface area (Å²) >= 11 is 0. The summed E-state index contributed by atoms with van der Waals surface area (Å²) in [7, 11) is 3.59. The highest BCUT2D eigenvalue weighted by Crippen LogP contribution is 2.26. The van der Waals surface area contributed by atoms with E-state index in [0.29, 0.717) is 36.7 Å². The van der Waals surface area contributed by atoms with E-state index >= 15 is 0 Å². The first-order valence-electron chi connectivity index (χ1n) is 9.72. The highest BCUT2D eigenvalue weighted by atomic mass is 16.5. The van der Waals surface area contributed by atoms with Crippen molar-refractivity contribution in [1.29, 1.82) is 0 Å². The molecule has 11 heteroatoms. The molecule has 0 fully saturated rings. The van der Waals surface area contributed by atoms with Gasteiger partial charge in [0.2, 0.25) is 0 Å². The fraction of sp³-hybridized carbons (Fsp3) is 0.250. The van der Waals surface area contributed by atoms with Crippen molar-refractivity contribution in [3.05, 3.63) is 54.6 Å². The fourth-order valence-corrected chi connectivity index (χ4v) is 3.07. The van der Waals surface area contributed by atoms with Gasteiger partial charge in [-0.25, -0.2) is 19.3 Å². The molecule has 1 aliphatic rings. The zero-order valence-corrected chi connectivity index (χ0v) is 17.2. The Labute approximate surface area is 178 Å². The zero-order valence-electron chi connectivity index (χ0n) is 17.2. The lowest BCUT2D eigenvalue weighted by Crippen LogP contribution is -2.31. The molecule has 1 aliphatic heterocycles. The zero-order chi connectivity index (χ0) is 21.6. The van der Waals surface area contributed by atoms with E-state index in [0.717, 1.165) is 16.9 Å². The van der Waals surface area contributed by atoms with E-state index in [1.165, 1.54) is 15.7 Å². The predicted octanol–water partition coefficient (Wildman–Crippen LogP) is 2.12. The summed E-state index contributed by atoms with van der Waals surface area (Å²) in [6.07, 6.45) is 4.75. The first-order chi connectivity index (χ1) is 15.1. The summed E-state index contributed by atoms with van der Waals surface area (Å²) in [6.45, 7) is 1.32. The van der Waals surface area contributed by atoms with Gasteiger partial charge < -0.3 is 20.7 Å². The number of carbonyl (C=O) groups excluding carboxylic acids is 1. The number of fused-ring (bicyclic) bond motifs is 3. The van der Waals surface area contributed by atoms with Crippen LogP contribution in [0.3, 0.4) is 0 Å². The summed E-state index contributed by atoms with van der Waals surface area (Å²) < 4.78 is 7.02. The topological polar surface area (TPSA) is 124 Å². The number of carbonyl (C=O) groups is 1. The van der Waals surface area contributed by atoms with E-state index in [1.807, 2.05) is 37.4 Å². The number of benzene rings is 1. The molecule has 4 aromatic rings. The Morgan fingerprint density at radius 2 is 2.03 bits per heavy atom. The van der Waals surface area contributed by atoms with Gasteiger partial charge in [0.15, 0.2) is 5.65 Å². The number of pyridine rings is 1. The Morgan fingerprint density at radius 3 is 2.77 bits per heavy atom. The maximum absolute atomic E-state index is 12.4. The lowest BCUT2D eigenvalue weighted by Gasteiger charge is -2.13. The van der Waals surface area contributed by atoms with E-state index in [-0.39, 0.29) is 6.03 Å². The minimum Gasteiger partial charge on any atom is -0.386 e. The molecule has 4 bridgehead atoms. The quantitative estimate of drug-likeness (QED) is 0.427. The van der Waals surface area contributed by atoms with Crippen molar-refractivity contribution in [2.75, 3.05) is 30.8 Å². The molecule has 160 valence electrons. The van der Waals surface area contributed by atoms with Gasteiger partial charge in [0.1, 0.15) is 17.7 Å². The van der Waals surface area contributed by atoms with Crippen LogP contribution in [-0.4, -0.2) is 55.8 Å². The van der Waals surface area contributed by atoms with Gasteiger partial charge in [-0.2, -0.15) is 15.0 Å². The van der Waals surface area contributed by atoms with E-state index in [9.17, 15) is 4.79 Å². The molecule has 0 atom stereocenters. The Bertz CT molecular complexity index is 1170. The Morgan fingerprint density at radius 1 is 1.19 bits per heavy atom. The average Bonchev–Trinajstić information content (AvgIpc) is 3.42. The van der Waals surface area contributed by atoms with Crippen LogP contribution in [0.5, 0.6) is 0 Å². The molecular formula is C20H23N9O2. The summed E-state index contributed by atoms with van der Waals surface area (Å²) in [5.74, 6) is 0.626. The predicted molar refractivity (Wildman–Crippen MR) is 116 cm³/mol. The number of anilines is 3. The number of amides is 1. The second kappa shape index (κ2) is 9.22. The minimum absolute atomic E-state index is 0.284. The number of hydrogen-bond acceptors (Lipinski definition) is 8. The monoisotopic (exact) mass is 421 g/mol. The van der Waals surface area contributed by atoms with Crippen LogP contribution < -0.4 is 16.0 Å². The number of rotatable bonds is 1. The van der Waals surface area contributed by atoms with Crippen molar-refractivity contribution < 1.29 is 9.53 Å². The molecule has 0 saturated heterocycles. The third-order valence-electron chi connectivity index (χ3n) is 4.52. The van der Waals surface area contributed by atoms with Crippen LogP contribution in [0.15, 0.2) is 49.1 Å². The minimum atomic E-state index is -0.284. The van der Waals surface area contributed by atoms with Crippen molar-refractivity contribution in [1.82, 2.24) is 34.8 Å². The number of nitrogens with one attached hydrogen (secondary N) is 3. The van der Waals surface area contributed by atoms with Gasteiger partial charge in [-0.05, 0) is 17.7 Å². The summed E-state index contributed by atoms with van der Waals surface area (Å²) in [5.41, 5.74) is 3.88. The van der Waals surface area contributed by atoms with Crippen LogP contribution in [0.1, 0.15) is 5.56 Å². The van der Waals surface area contributed by atoms with Crippen LogP contribution in [-0.2, 0) is 18.4 Å². The van der Waals surface area contributed by atoms with Gasteiger partial charge in [-0.3, -0.25) is 0 Å². The van der Waals surface area contributed by atoms with Gasteiger partial charge in [0.25, 0.3) is 0 Å². The fourth-order valence-electron chi connectivity index (χ4n) is 3.07. The second-order valence-electron chi connectivity index (χ2n) is 6.72. The number of hydrogen-bond donors (Lipinski definition) is 3. The maximum atomic E-state index is 12.4. The normalized spacial score (nSPS) is 13.5. The molecule has 5 rings (SSSR count). The molecule has 31 heavy (non-hydrogen) atoms. The summed E-state index contributed by atoms with van der Waals surface area (Å²) in [4.78, 5) is 22.8. The van der Waals surface area contributed by atoms with Crippen molar-refractivity contribution in [3.63, 3.8) is 0 Å². The van der Waals surface area contributed by atoms with E-state index in [2.05, 4.69) is 36.1 Å². The molecule has 0 unspecified atom stereocenters. The third kappa shape index (κ3) is 4.78. The van der Waals surface area contributed by atoms with Crippen LogP contribution >= 0.6 is 0 Å². The van der Waals surface area contributed by atoms with Crippen LogP contribution in [0.25, 0.3) is 11.2 Å². The lowest BCUT2D eigenvalue weighted by atomic mass is 10.2. The molecule has 0 spiro atoms. The van der Waals surface area contributed by atoms with Gasteiger partial charge >= 0.3 is 6.03 Å². The number of nitrogens with zero attached hydrogens (tertiary/aromatic N) is 6. The standard InChI is InChI=1S/C17H18N6O2.C3H5N3/c1-18-13-8-14-21-12-4-2-3-11(7-12)9-25-6-5-19-17(24)23-10-20-15(13)16(23)22-14;1-6-4-2-3-5-6/h2-4,7-8,10H,5-6,9H2,1H3,(H,19,24)(H2,18,21,22);2-3H,1H3. The molecular weight excluding hydrogens is 398 g/mol. The highest BCUT2D eigenvalue weighted by Gasteiger charge is 2.15. The number of aromatic nitrogens is 6. The highest BCUT2D eigenvalue weighted by molar-refractivity contribution is 5.94. The third-order valence-corrected chi connectivity index (χ3v) is 4.52. The van der Waals surface area contributed by atoms with Crippen LogP contribution in [0, 0.1) is 0 Å². The first-order valence-corrected chi connectivity index (χ1v) is 9.72. The lowest BCUT2D eigenvalue weighted by molar-refractivity contribution is 0.123. The number of aryl methyl sites for hydroxylation is 1. The van der Waals surface area contributed by atoms with Gasteiger partial charge in [0.05, 0.1) is 31.3 Å². The summed E-state index contributed by atoms with van der Waals surface area (Å²) in [6, 6.07) is 9.54. The molecule has 0 radical (unpaired) electrons. The molecule has 0 aliphatic carbocycles. The van der Waals surface area contributed by atoms with E-state index in [4.69, 9.17) is 4.74 Å².